The minimum absolute atomic E-state index is 0.0741. The number of nitrogens with zero attached hydrogens (tertiary/aromatic N) is 4. The van der Waals surface area contributed by atoms with E-state index < -0.39 is 5.92 Å². The molecule has 0 aliphatic carbocycles. The lowest BCUT2D eigenvalue weighted by Crippen LogP contribution is -2.46. The summed E-state index contributed by atoms with van der Waals surface area (Å²) in [4.78, 5) is 28.1. The Morgan fingerprint density at radius 2 is 1.96 bits per heavy atom. The number of rotatable bonds is 4. The van der Waals surface area contributed by atoms with E-state index in [1.54, 1.807) is 15.8 Å². The number of piperidine rings is 1. The van der Waals surface area contributed by atoms with Gasteiger partial charge in [0.05, 0.1) is 24.7 Å². The SMILES string of the molecule is CCCC(=O)N1Cc2ccnn2C(CC(=O)N2CCC(F)(F)CC2)C1. The van der Waals surface area contributed by atoms with Crippen molar-refractivity contribution in [3.05, 3.63) is 18.0 Å². The van der Waals surface area contributed by atoms with Gasteiger partial charge in [-0.2, -0.15) is 5.10 Å². The lowest BCUT2D eigenvalue weighted by Gasteiger charge is -2.36. The zero-order valence-corrected chi connectivity index (χ0v) is 14.5. The summed E-state index contributed by atoms with van der Waals surface area (Å²) in [6.45, 7) is 3.06. The average Bonchev–Trinajstić information content (AvgIpc) is 3.03. The Kier molecular flexibility index (Phi) is 5.06. The van der Waals surface area contributed by atoms with Gasteiger partial charge in [0, 0.05) is 45.1 Å². The Morgan fingerprint density at radius 3 is 2.64 bits per heavy atom. The number of alkyl halides is 2. The predicted octanol–water partition coefficient (Wildman–Crippen LogP) is 2.21. The molecule has 6 nitrogen and oxygen atoms in total. The molecule has 1 atom stereocenters. The van der Waals surface area contributed by atoms with Crippen molar-refractivity contribution in [3.63, 3.8) is 0 Å². The van der Waals surface area contributed by atoms with Crippen molar-refractivity contribution in [2.75, 3.05) is 19.6 Å². The first-order chi connectivity index (χ1) is 11.9. The maximum Gasteiger partial charge on any atom is 0.251 e. The summed E-state index contributed by atoms with van der Waals surface area (Å²) in [6.07, 6.45) is 2.55. The maximum absolute atomic E-state index is 13.3. The molecule has 1 fully saturated rings. The predicted molar refractivity (Wildman–Crippen MR) is 87.0 cm³/mol. The Morgan fingerprint density at radius 1 is 1.24 bits per heavy atom. The van der Waals surface area contributed by atoms with E-state index in [1.807, 2.05) is 13.0 Å². The number of likely N-dealkylation sites (tertiary alicyclic amines) is 1. The van der Waals surface area contributed by atoms with E-state index in [4.69, 9.17) is 0 Å². The summed E-state index contributed by atoms with van der Waals surface area (Å²) in [7, 11) is 0. The number of carbonyl (C=O) groups is 2. The molecule has 2 aliphatic heterocycles. The van der Waals surface area contributed by atoms with E-state index in [0.717, 1.165) is 12.1 Å². The quantitative estimate of drug-likeness (QED) is 0.833. The normalized spacial score (nSPS) is 22.6. The first kappa shape index (κ1) is 17.8. The Labute approximate surface area is 145 Å². The van der Waals surface area contributed by atoms with Crippen LogP contribution in [0, 0.1) is 0 Å². The minimum atomic E-state index is -2.67. The van der Waals surface area contributed by atoms with Gasteiger partial charge in [-0.15, -0.1) is 0 Å². The minimum Gasteiger partial charge on any atom is -0.342 e. The molecule has 0 radical (unpaired) electrons. The van der Waals surface area contributed by atoms with Crippen LogP contribution in [0.25, 0.3) is 0 Å². The van der Waals surface area contributed by atoms with Crippen LogP contribution < -0.4 is 0 Å². The molecular weight excluding hydrogens is 330 g/mol. The molecule has 3 heterocycles. The van der Waals surface area contributed by atoms with E-state index >= 15 is 0 Å². The maximum atomic E-state index is 13.3. The van der Waals surface area contributed by atoms with E-state index in [-0.39, 0.29) is 50.2 Å². The van der Waals surface area contributed by atoms with Crippen LogP contribution in [0.4, 0.5) is 8.78 Å². The average molecular weight is 354 g/mol. The van der Waals surface area contributed by atoms with Crippen LogP contribution in [-0.4, -0.2) is 57.0 Å². The standard InChI is InChI=1S/C17H24F2N4O2/c1-2-3-15(24)22-11-13-4-7-20-23(13)14(12-22)10-16(25)21-8-5-17(18,19)6-9-21/h4,7,14H,2-3,5-6,8-12H2,1H3. The summed E-state index contributed by atoms with van der Waals surface area (Å²) in [6, 6.07) is 1.61. The van der Waals surface area contributed by atoms with Crippen LogP contribution in [-0.2, 0) is 16.1 Å². The van der Waals surface area contributed by atoms with Crippen molar-refractivity contribution in [2.24, 2.45) is 0 Å². The molecular formula is C17H24F2N4O2. The van der Waals surface area contributed by atoms with Gasteiger partial charge in [-0.3, -0.25) is 14.3 Å². The van der Waals surface area contributed by atoms with Gasteiger partial charge in [-0.25, -0.2) is 8.78 Å². The fourth-order valence-corrected chi connectivity index (χ4v) is 3.51. The second kappa shape index (κ2) is 7.09. The van der Waals surface area contributed by atoms with Gasteiger partial charge in [-0.05, 0) is 12.5 Å². The molecule has 1 saturated heterocycles. The fraction of sp³-hybridized carbons (Fsp3) is 0.706. The molecule has 0 spiro atoms. The molecule has 0 aromatic carbocycles. The zero-order chi connectivity index (χ0) is 18.0. The topological polar surface area (TPSA) is 58.4 Å². The highest BCUT2D eigenvalue weighted by atomic mass is 19.3. The Balaban J connectivity index is 1.67. The smallest absolute Gasteiger partial charge is 0.251 e. The monoisotopic (exact) mass is 354 g/mol. The molecule has 1 aromatic rings. The third kappa shape index (κ3) is 3.99. The molecule has 1 aromatic heterocycles. The summed E-state index contributed by atoms with van der Waals surface area (Å²) in [5.74, 6) is -2.74. The van der Waals surface area contributed by atoms with E-state index in [9.17, 15) is 18.4 Å². The third-order valence-electron chi connectivity index (χ3n) is 4.96. The first-order valence-corrected chi connectivity index (χ1v) is 8.85. The van der Waals surface area contributed by atoms with Crippen molar-refractivity contribution in [2.45, 2.75) is 57.5 Å². The number of amides is 2. The lowest BCUT2D eigenvalue weighted by molar-refractivity contribution is -0.140. The highest BCUT2D eigenvalue weighted by Gasteiger charge is 2.37. The summed E-state index contributed by atoms with van der Waals surface area (Å²) in [5.41, 5.74) is 0.902. The molecule has 0 bridgehead atoms. The van der Waals surface area contributed by atoms with Gasteiger partial charge in [0.15, 0.2) is 0 Å². The van der Waals surface area contributed by atoms with Crippen LogP contribution in [0.1, 0.15) is 50.8 Å². The molecule has 25 heavy (non-hydrogen) atoms. The van der Waals surface area contributed by atoms with Crippen LogP contribution >= 0.6 is 0 Å². The van der Waals surface area contributed by atoms with E-state index in [1.165, 1.54) is 4.90 Å². The molecule has 2 aliphatic rings. The number of hydrogen-bond acceptors (Lipinski definition) is 3. The van der Waals surface area contributed by atoms with Crippen LogP contribution in [0.2, 0.25) is 0 Å². The van der Waals surface area contributed by atoms with Crippen molar-refractivity contribution in [3.8, 4) is 0 Å². The van der Waals surface area contributed by atoms with Gasteiger partial charge in [0.1, 0.15) is 0 Å². The second-order valence-electron chi connectivity index (χ2n) is 6.89. The second-order valence-corrected chi connectivity index (χ2v) is 6.89. The lowest BCUT2D eigenvalue weighted by atomic mass is 10.0. The molecule has 3 rings (SSSR count). The highest BCUT2D eigenvalue weighted by molar-refractivity contribution is 5.78. The summed E-state index contributed by atoms with van der Waals surface area (Å²) in [5, 5.41) is 4.29. The van der Waals surface area contributed by atoms with E-state index in [0.29, 0.717) is 19.5 Å². The zero-order valence-electron chi connectivity index (χ0n) is 14.5. The van der Waals surface area contributed by atoms with Crippen molar-refractivity contribution in [1.82, 2.24) is 19.6 Å². The van der Waals surface area contributed by atoms with Gasteiger partial charge in [0.25, 0.3) is 5.92 Å². The first-order valence-electron chi connectivity index (χ1n) is 8.85. The van der Waals surface area contributed by atoms with Gasteiger partial charge in [0.2, 0.25) is 11.8 Å². The van der Waals surface area contributed by atoms with Crippen molar-refractivity contribution >= 4 is 11.8 Å². The third-order valence-corrected chi connectivity index (χ3v) is 4.96. The largest absolute Gasteiger partial charge is 0.342 e. The molecule has 1 unspecified atom stereocenters. The van der Waals surface area contributed by atoms with Crippen LogP contribution in [0.15, 0.2) is 12.3 Å². The van der Waals surface area contributed by atoms with Crippen molar-refractivity contribution in [1.29, 1.82) is 0 Å². The molecule has 2 amide bonds. The molecule has 0 saturated carbocycles. The molecule has 138 valence electrons. The number of halogens is 2. The summed E-state index contributed by atoms with van der Waals surface area (Å²) >= 11 is 0. The number of carbonyl (C=O) groups excluding carboxylic acids is 2. The Bertz CT molecular complexity index is 636. The summed E-state index contributed by atoms with van der Waals surface area (Å²) < 4.78 is 28.3. The van der Waals surface area contributed by atoms with Gasteiger partial charge < -0.3 is 9.80 Å². The van der Waals surface area contributed by atoms with Crippen LogP contribution in [0.5, 0.6) is 0 Å². The van der Waals surface area contributed by atoms with Crippen molar-refractivity contribution < 1.29 is 18.4 Å². The van der Waals surface area contributed by atoms with E-state index in [2.05, 4.69) is 5.10 Å². The number of aromatic nitrogens is 2. The molecule has 8 heteroatoms. The fourth-order valence-electron chi connectivity index (χ4n) is 3.51. The van der Waals surface area contributed by atoms with Crippen LogP contribution in [0.3, 0.4) is 0 Å². The number of fused-ring (bicyclic) bond motifs is 1. The highest BCUT2D eigenvalue weighted by Crippen LogP contribution is 2.29. The Hall–Kier alpha value is -1.99. The number of hydrogen-bond donors (Lipinski definition) is 0. The van der Waals surface area contributed by atoms with Gasteiger partial charge >= 0.3 is 0 Å². The van der Waals surface area contributed by atoms with Gasteiger partial charge in [-0.1, -0.05) is 6.92 Å². The molecule has 0 N–H and O–H groups in total.